The van der Waals surface area contributed by atoms with Crippen LogP contribution in [0.4, 0.5) is 0 Å². The Kier molecular flexibility index (Phi) is 6.35. The van der Waals surface area contributed by atoms with Gasteiger partial charge in [-0.1, -0.05) is 47.5 Å². The van der Waals surface area contributed by atoms with Crippen LogP contribution in [0.5, 0.6) is 0 Å². The summed E-state index contributed by atoms with van der Waals surface area (Å²) in [5.41, 5.74) is 4.08. The average Bonchev–Trinajstić information content (AvgIpc) is 2.46. The van der Waals surface area contributed by atoms with Crippen LogP contribution >= 0.6 is 23.2 Å². The highest BCUT2D eigenvalue weighted by Gasteiger charge is 2.15. The highest BCUT2D eigenvalue weighted by Crippen LogP contribution is 2.27. The van der Waals surface area contributed by atoms with Crippen molar-refractivity contribution < 1.29 is 5.32 Å². The van der Waals surface area contributed by atoms with Crippen molar-refractivity contribution in [3.8, 4) is 0 Å². The molecule has 0 unspecified atom stereocenters. The van der Waals surface area contributed by atoms with Crippen LogP contribution in [0.25, 0.3) is 0 Å². The first-order valence-corrected chi connectivity index (χ1v) is 8.40. The second kappa shape index (κ2) is 8.03. The van der Waals surface area contributed by atoms with Gasteiger partial charge in [-0.05, 0) is 55.4 Å². The molecular formula is C18H24Cl2N+. The van der Waals surface area contributed by atoms with Crippen molar-refractivity contribution in [1.82, 2.24) is 0 Å². The summed E-state index contributed by atoms with van der Waals surface area (Å²) in [6, 6.07) is 5.75. The average molecular weight is 325 g/mol. The largest absolute Gasteiger partial charge is 0.343 e. The van der Waals surface area contributed by atoms with Gasteiger partial charge < -0.3 is 5.32 Å². The zero-order valence-corrected chi connectivity index (χ0v) is 14.2. The second-order valence-electron chi connectivity index (χ2n) is 5.95. The molecule has 3 heteroatoms. The third-order valence-corrected chi connectivity index (χ3v) is 4.83. The molecule has 0 spiro atoms. The van der Waals surface area contributed by atoms with Gasteiger partial charge in [-0.3, -0.25) is 0 Å². The number of benzene rings is 1. The molecule has 1 aromatic carbocycles. The van der Waals surface area contributed by atoms with Crippen LogP contribution in [0.1, 0.15) is 31.7 Å². The predicted octanol–water partition coefficient (Wildman–Crippen LogP) is 4.40. The first-order chi connectivity index (χ1) is 10.1. The zero-order chi connectivity index (χ0) is 15.2. The van der Waals surface area contributed by atoms with Gasteiger partial charge in [-0.25, -0.2) is 0 Å². The van der Waals surface area contributed by atoms with E-state index in [1.165, 1.54) is 30.4 Å². The lowest BCUT2D eigenvalue weighted by molar-refractivity contribution is -0.647. The molecule has 0 saturated carbocycles. The maximum Gasteiger partial charge on any atom is 0.0972 e. The summed E-state index contributed by atoms with van der Waals surface area (Å²) in [5.74, 6) is 0.696. The van der Waals surface area contributed by atoms with E-state index >= 15 is 0 Å². The Labute approximate surface area is 138 Å². The smallest absolute Gasteiger partial charge is 0.0972 e. The van der Waals surface area contributed by atoms with Gasteiger partial charge in [0.05, 0.1) is 13.1 Å². The van der Waals surface area contributed by atoms with Crippen molar-refractivity contribution in [2.45, 2.75) is 32.6 Å². The molecule has 1 aliphatic carbocycles. The van der Waals surface area contributed by atoms with E-state index in [4.69, 9.17) is 23.2 Å². The van der Waals surface area contributed by atoms with Gasteiger partial charge in [-0.15, -0.1) is 0 Å². The van der Waals surface area contributed by atoms with Gasteiger partial charge in [0.15, 0.2) is 0 Å². The monoisotopic (exact) mass is 324 g/mol. The lowest BCUT2D eigenvalue weighted by Gasteiger charge is -2.21. The number of quaternary nitrogens is 1. The topological polar surface area (TPSA) is 16.6 Å². The van der Waals surface area contributed by atoms with E-state index < -0.39 is 0 Å². The second-order valence-corrected chi connectivity index (χ2v) is 6.79. The van der Waals surface area contributed by atoms with E-state index in [2.05, 4.69) is 24.9 Å². The maximum atomic E-state index is 6.18. The number of rotatable bonds is 6. The Balaban J connectivity index is 1.72. The Bertz CT molecular complexity index is 534. The molecule has 0 heterocycles. The lowest BCUT2D eigenvalue weighted by atomic mass is 9.85. The van der Waals surface area contributed by atoms with Gasteiger partial charge in [0.1, 0.15) is 0 Å². The van der Waals surface area contributed by atoms with Crippen LogP contribution in [0, 0.1) is 5.92 Å². The fourth-order valence-corrected chi connectivity index (χ4v) is 3.29. The minimum absolute atomic E-state index is 0.696. The van der Waals surface area contributed by atoms with E-state index in [1.54, 1.807) is 5.57 Å². The quantitative estimate of drug-likeness (QED) is 0.590. The van der Waals surface area contributed by atoms with Crippen LogP contribution in [0.15, 0.2) is 42.0 Å². The van der Waals surface area contributed by atoms with Crippen molar-refractivity contribution in [2.75, 3.05) is 13.1 Å². The van der Waals surface area contributed by atoms with Crippen molar-refractivity contribution in [2.24, 2.45) is 5.92 Å². The summed E-state index contributed by atoms with van der Waals surface area (Å²) in [6.07, 6.45) is 7.04. The Morgan fingerprint density at radius 1 is 1.38 bits per heavy atom. The van der Waals surface area contributed by atoms with Gasteiger partial charge in [-0.2, -0.15) is 0 Å². The Morgan fingerprint density at radius 2 is 2.19 bits per heavy atom. The third kappa shape index (κ3) is 5.18. The maximum absolute atomic E-state index is 6.18. The molecule has 0 bridgehead atoms. The van der Waals surface area contributed by atoms with E-state index in [0.717, 1.165) is 24.5 Å². The molecule has 0 saturated heterocycles. The highest BCUT2D eigenvalue weighted by atomic mass is 35.5. The van der Waals surface area contributed by atoms with E-state index in [0.29, 0.717) is 10.9 Å². The number of hydrogen-bond acceptors (Lipinski definition) is 0. The van der Waals surface area contributed by atoms with Crippen molar-refractivity contribution in [3.05, 3.63) is 57.6 Å². The molecule has 21 heavy (non-hydrogen) atoms. The number of hydrogen-bond donors (Lipinski definition) is 1. The summed E-state index contributed by atoms with van der Waals surface area (Å²) in [4.78, 5) is 0. The molecule has 0 fully saturated rings. The standard InChI is InChI=1S/C18H23Cl2N/c1-13(2)15-5-3-14(4-6-15)12-21-10-9-16-7-8-17(19)11-18(16)20/h3,7-8,11,15,21H,1,4-6,9-10,12H2,2H3/p+1/t15-/m1/s1. The molecule has 0 amide bonds. The van der Waals surface area contributed by atoms with Crippen LogP contribution in [0.3, 0.4) is 0 Å². The van der Waals surface area contributed by atoms with Gasteiger partial charge in [0, 0.05) is 16.5 Å². The molecule has 0 aromatic heterocycles. The zero-order valence-electron chi connectivity index (χ0n) is 12.7. The van der Waals surface area contributed by atoms with Gasteiger partial charge in [0.25, 0.3) is 0 Å². The number of halogens is 2. The van der Waals surface area contributed by atoms with Gasteiger partial charge in [0.2, 0.25) is 0 Å². The Morgan fingerprint density at radius 3 is 2.81 bits per heavy atom. The lowest BCUT2D eigenvalue weighted by Crippen LogP contribution is -2.85. The fraction of sp³-hybridized carbons (Fsp3) is 0.444. The first kappa shape index (κ1) is 16.6. The Hall–Kier alpha value is -0.760. The summed E-state index contributed by atoms with van der Waals surface area (Å²) >= 11 is 12.1. The fourth-order valence-electron chi connectivity index (χ4n) is 2.79. The van der Waals surface area contributed by atoms with E-state index in [1.807, 2.05) is 18.2 Å². The third-order valence-electron chi connectivity index (χ3n) is 4.24. The van der Waals surface area contributed by atoms with E-state index in [-0.39, 0.29) is 0 Å². The highest BCUT2D eigenvalue weighted by molar-refractivity contribution is 6.35. The molecule has 2 rings (SSSR count). The SMILES string of the molecule is C=C(C)[C@@H]1CC=C(C[NH2+]CCc2ccc(Cl)cc2Cl)CC1. The van der Waals surface area contributed by atoms with Crippen LogP contribution < -0.4 is 5.32 Å². The summed E-state index contributed by atoms with van der Waals surface area (Å²) < 4.78 is 0. The van der Waals surface area contributed by atoms with Crippen molar-refractivity contribution in [1.29, 1.82) is 0 Å². The molecular weight excluding hydrogens is 301 g/mol. The summed E-state index contributed by atoms with van der Waals surface area (Å²) in [5, 5.41) is 3.85. The molecule has 114 valence electrons. The summed E-state index contributed by atoms with van der Waals surface area (Å²) in [7, 11) is 0. The van der Waals surface area contributed by atoms with Crippen molar-refractivity contribution in [3.63, 3.8) is 0 Å². The van der Waals surface area contributed by atoms with Gasteiger partial charge >= 0.3 is 0 Å². The molecule has 1 atom stereocenters. The number of allylic oxidation sites excluding steroid dienone is 2. The molecule has 1 aromatic rings. The van der Waals surface area contributed by atoms with Crippen LogP contribution in [-0.4, -0.2) is 13.1 Å². The number of nitrogens with two attached hydrogens (primary N) is 1. The molecule has 1 nitrogen and oxygen atoms in total. The minimum Gasteiger partial charge on any atom is -0.343 e. The predicted molar refractivity (Wildman–Crippen MR) is 92.1 cm³/mol. The van der Waals surface area contributed by atoms with Crippen LogP contribution in [0.2, 0.25) is 10.0 Å². The van der Waals surface area contributed by atoms with E-state index in [9.17, 15) is 0 Å². The first-order valence-electron chi connectivity index (χ1n) is 7.65. The summed E-state index contributed by atoms with van der Waals surface area (Å²) in [6.45, 7) is 8.38. The molecule has 0 radical (unpaired) electrons. The molecule has 1 aliphatic rings. The molecule has 2 N–H and O–H groups in total. The van der Waals surface area contributed by atoms with Crippen LogP contribution in [-0.2, 0) is 6.42 Å². The minimum atomic E-state index is 0.696. The molecule has 0 aliphatic heterocycles. The van der Waals surface area contributed by atoms with Crippen molar-refractivity contribution >= 4 is 23.2 Å². The normalized spacial score (nSPS) is 18.4.